The van der Waals surface area contributed by atoms with E-state index in [0.717, 1.165) is 26.1 Å². The van der Waals surface area contributed by atoms with Gasteiger partial charge in [-0.1, -0.05) is 38.1 Å². The van der Waals surface area contributed by atoms with E-state index in [-0.39, 0.29) is 11.9 Å². The Balaban J connectivity index is 1.69. The molecule has 0 radical (unpaired) electrons. The van der Waals surface area contributed by atoms with Gasteiger partial charge in [0.2, 0.25) is 5.91 Å². The molecule has 2 aliphatic rings. The molecule has 2 heterocycles. The number of nitrogens with one attached hydrogen (secondary N) is 1. The second-order valence-corrected chi connectivity index (χ2v) is 6.60. The van der Waals surface area contributed by atoms with Crippen LogP contribution in [-0.2, 0) is 17.8 Å². The van der Waals surface area contributed by atoms with Gasteiger partial charge in [-0.2, -0.15) is 0 Å². The van der Waals surface area contributed by atoms with Gasteiger partial charge in [0.05, 0.1) is 6.04 Å². The molecule has 0 bridgehead atoms. The first-order valence-corrected chi connectivity index (χ1v) is 7.72. The summed E-state index contributed by atoms with van der Waals surface area (Å²) in [7, 11) is 0. The lowest BCUT2D eigenvalue weighted by molar-refractivity contribution is -0.136. The number of fused-ring (bicyclic) bond motifs is 1. The van der Waals surface area contributed by atoms with Crippen molar-refractivity contribution < 1.29 is 4.79 Å². The highest BCUT2D eigenvalue weighted by molar-refractivity contribution is 5.82. The first-order chi connectivity index (χ1) is 9.63. The largest absolute Gasteiger partial charge is 0.341 e. The molecule has 1 saturated heterocycles. The third kappa shape index (κ3) is 2.73. The predicted molar refractivity (Wildman–Crippen MR) is 80.3 cm³/mol. The summed E-state index contributed by atoms with van der Waals surface area (Å²) < 4.78 is 0. The van der Waals surface area contributed by atoms with E-state index in [1.807, 2.05) is 0 Å². The number of hydrogen-bond donors (Lipinski definition) is 1. The Hall–Kier alpha value is -1.35. The minimum absolute atomic E-state index is 0.0394. The van der Waals surface area contributed by atoms with E-state index in [4.69, 9.17) is 0 Å². The molecule has 3 heteroatoms. The SMILES string of the molecule is CC1CC(C)CN(C(=O)[C@H]2Cc3ccccc3CN2)C1. The molecule has 0 saturated carbocycles. The molecule has 1 N–H and O–H groups in total. The van der Waals surface area contributed by atoms with Crippen molar-refractivity contribution in [2.75, 3.05) is 13.1 Å². The monoisotopic (exact) mass is 272 g/mol. The van der Waals surface area contributed by atoms with Gasteiger partial charge >= 0.3 is 0 Å². The fourth-order valence-corrected chi connectivity index (χ4v) is 3.69. The van der Waals surface area contributed by atoms with Gasteiger partial charge in [-0.05, 0) is 35.8 Å². The van der Waals surface area contributed by atoms with Crippen LogP contribution >= 0.6 is 0 Å². The van der Waals surface area contributed by atoms with Crippen LogP contribution in [0.15, 0.2) is 24.3 Å². The van der Waals surface area contributed by atoms with Gasteiger partial charge in [-0.25, -0.2) is 0 Å². The van der Waals surface area contributed by atoms with Gasteiger partial charge in [0.15, 0.2) is 0 Å². The molecule has 2 unspecified atom stereocenters. The van der Waals surface area contributed by atoms with Crippen LogP contribution in [0.5, 0.6) is 0 Å². The minimum Gasteiger partial charge on any atom is -0.341 e. The van der Waals surface area contributed by atoms with E-state index in [9.17, 15) is 4.79 Å². The third-order valence-corrected chi connectivity index (χ3v) is 4.56. The molecule has 1 aromatic rings. The van der Waals surface area contributed by atoms with Crippen molar-refractivity contribution in [2.45, 2.75) is 39.3 Å². The van der Waals surface area contributed by atoms with Gasteiger partial charge < -0.3 is 10.2 Å². The molecule has 1 amide bonds. The Bertz CT molecular complexity index is 490. The second kappa shape index (κ2) is 5.57. The molecule has 1 aromatic carbocycles. The van der Waals surface area contributed by atoms with Crippen molar-refractivity contribution in [3.05, 3.63) is 35.4 Å². The molecule has 3 atom stereocenters. The Morgan fingerprint density at radius 2 is 1.80 bits per heavy atom. The van der Waals surface area contributed by atoms with E-state index >= 15 is 0 Å². The zero-order chi connectivity index (χ0) is 14.1. The summed E-state index contributed by atoms with van der Waals surface area (Å²) in [6.07, 6.45) is 2.07. The van der Waals surface area contributed by atoms with Gasteiger partial charge in [0.1, 0.15) is 0 Å². The number of hydrogen-bond acceptors (Lipinski definition) is 2. The van der Waals surface area contributed by atoms with E-state index < -0.39 is 0 Å². The Kier molecular flexibility index (Phi) is 3.79. The van der Waals surface area contributed by atoms with Crippen LogP contribution < -0.4 is 5.32 Å². The van der Waals surface area contributed by atoms with Crippen molar-refractivity contribution in [3.63, 3.8) is 0 Å². The first kappa shape index (κ1) is 13.6. The summed E-state index contributed by atoms with van der Waals surface area (Å²) in [6.45, 7) is 7.15. The summed E-state index contributed by atoms with van der Waals surface area (Å²) in [6, 6.07) is 8.39. The highest BCUT2D eigenvalue weighted by Crippen LogP contribution is 2.23. The molecule has 20 heavy (non-hydrogen) atoms. The van der Waals surface area contributed by atoms with Crippen LogP contribution in [0.3, 0.4) is 0 Å². The van der Waals surface area contributed by atoms with Gasteiger partial charge in [0.25, 0.3) is 0 Å². The van der Waals surface area contributed by atoms with Crippen molar-refractivity contribution in [1.82, 2.24) is 10.2 Å². The number of nitrogens with zero attached hydrogens (tertiary/aromatic N) is 1. The highest BCUT2D eigenvalue weighted by atomic mass is 16.2. The second-order valence-electron chi connectivity index (χ2n) is 6.60. The maximum Gasteiger partial charge on any atom is 0.240 e. The maximum absolute atomic E-state index is 12.7. The van der Waals surface area contributed by atoms with Crippen molar-refractivity contribution in [2.24, 2.45) is 11.8 Å². The Morgan fingerprint density at radius 1 is 1.15 bits per heavy atom. The number of amides is 1. The predicted octanol–water partition coefficient (Wildman–Crippen LogP) is 2.21. The van der Waals surface area contributed by atoms with Crippen LogP contribution in [0.1, 0.15) is 31.4 Å². The molecular weight excluding hydrogens is 248 g/mol. The van der Waals surface area contributed by atoms with Gasteiger partial charge in [-0.3, -0.25) is 4.79 Å². The van der Waals surface area contributed by atoms with E-state index in [1.165, 1.54) is 17.5 Å². The van der Waals surface area contributed by atoms with Gasteiger partial charge in [0, 0.05) is 19.6 Å². The first-order valence-electron chi connectivity index (χ1n) is 7.72. The zero-order valence-corrected chi connectivity index (χ0v) is 12.4. The van der Waals surface area contributed by atoms with Crippen molar-refractivity contribution in [1.29, 1.82) is 0 Å². The van der Waals surface area contributed by atoms with Crippen molar-refractivity contribution >= 4 is 5.91 Å². The minimum atomic E-state index is -0.0394. The topological polar surface area (TPSA) is 32.3 Å². The molecule has 0 aliphatic carbocycles. The molecule has 0 spiro atoms. The van der Waals surface area contributed by atoms with E-state index in [0.29, 0.717) is 11.8 Å². The average molecular weight is 272 g/mol. The summed E-state index contributed by atoms with van der Waals surface area (Å²) in [4.78, 5) is 14.8. The van der Waals surface area contributed by atoms with Gasteiger partial charge in [-0.15, -0.1) is 0 Å². The summed E-state index contributed by atoms with van der Waals surface area (Å²) in [5.41, 5.74) is 2.65. The number of carbonyl (C=O) groups excluding carboxylic acids is 1. The lowest BCUT2D eigenvalue weighted by atomic mass is 9.90. The van der Waals surface area contributed by atoms with Crippen LogP contribution in [0.25, 0.3) is 0 Å². The summed E-state index contributed by atoms with van der Waals surface area (Å²) >= 11 is 0. The Morgan fingerprint density at radius 3 is 2.50 bits per heavy atom. The molecule has 108 valence electrons. The quantitative estimate of drug-likeness (QED) is 0.850. The van der Waals surface area contributed by atoms with Crippen LogP contribution in [0.2, 0.25) is 0 Å². The number of benzene rings is 1. The number of carbonyl (C=O) groups is 1. The standard InChI is InChI=1S/C17H24N2O/c1-12-7-13(2)11-19(10-12)17(20)16-8-14-5-3-4-6-15(14)9-18-16/h3-6,12-13,16,18H,7-11H2,1-2H3/t12?,13?,16-/m1/s1. The zero-order valence-electron chi connectivity index (χ0n) is 12.4. The molecule has 2 aliphatic heterocycles. The van der Waals surface area contributed by atoms with Crippen LogP contribution in [0, 0.1) is 11.8 Å². The Labute approximate surface area is 121 Å². The summed E-state index contributed by atoms with van der Waals surface area (Å²) in [5.74, 6) is 1.54. The summed E-state index contributed by atoms with van der Waals surface area (Å²) in [5, 5.41) is 3.41. The third-order valence-electron chi connectivity index (χ3n) is 4.56. The van der Waals surface area contributed by atoms with E-state index in [2.05, 4.69) is 48.3 Å². The molecular formula is C17H24N2O. The maximum atomic E-state index is 12.7. The lowest BCUT2D eigenvalue weighted by Crippen LogP contribution is -2.53. The average Bonchev–Trinajstić information content (AvgIpc) is 2.45. The molecule has 3 nitrogen and oxygen atoms in total. The molecule has 0 aromatic heterocycles. The number of likely N-dealkylation sites (tertiary alicyclic amines) is 1. The van der Waals surface area contributed by atoms with E-state index in [1.54, 1.807) is 0 Å². The number of piperidine rings is 1. The van der Waals surface area contributed by atoms with Crippen LogP contribution in [-0.4, -0.2) is 29.9 Å². The van der Waals surface area contributed by atoms with Crippen molar-refractivity contribution in [3.8, 4) is 0 Å². The highest BCUT2D eigenvalue weighted by Gasteiger charge is 2.31. The molecule has 3 rings (SSSR count). The fraction of sp³-hybridized carbons (Fsp3) is 0.588. The number of rotatable bonds is 1. The molecule has 1 fully saturated rings. The smallest absolute Gasteiger partial charge is 0.240 e. The normalized spacial score (nSPS) is 29.9. The fourth-order valence-electron chi connectivity index (χ4n) is 3.69. The van der Waals surface area contributed by atoms with Crippen LogP contribution in [0.4, 0.5) is 0 Å². The lowest BCUT2D eigenvalue weighted by Gasteiger charge is -2.38.